The van der Waals surface area contributed by atoms with E-state index in [1.54, 1.807) is 0 Å². The molecule has 2 aromatic rings. The number of nitrogens with one attached hydrogen (secondary N) is 1. The van der Waals surface area contributed by atoms with Gasteiger partial charge in [-0.1, -0.05) is 31.2 Å². The smallest absolute Gasteiger partial charge is 0.242 e. The number of aryl methyl sites for hydroxylation is 1. The second-order valence-corrected chi connectivity index (χ2v) is 5.08. The number of rotatable bonds is 6. The van der Waals surface area contributed by atoms with Crippen LogP contribution in [-0.4, -0.2) is 16.1 Å². The number of aromatic nitrogens is 2. The molecule has 0 amide bonds. The number of nitrogens with zero attached hydrogens (tertiary/aromatic N) is 2. The molecule has 21 heavy (non-hydrogen) atoms. The van der Waals surface area contributed by atoms with Crippen molar-refractivity contribution in [2.24, 2.45) is 0 Å². The lowest BCUT2D eigenvalue weighted by Crippen LogP contribution is -2.12. The molecule has 0 unspecified atom stereocenters. The first-order valence-corrected chi connectivity index (χ1v) is 7.19. The third-order valence-electron chi connectivity index (χ3n) is 3.14. The predicted molar refractivity (Wildman–Crippen MR) is 85.4 cm³/mol. The molecule has 3 N–H and O–H groups in total. The van der Waals surface area contributed by atoms with Crippen LogP contribution < -0.4 is 15.8 Å². The van der Waals surface area contributed by atoms with E-state index >= 15 is 0 Å². The molecule has 0 radical (unpaired) electrons. The fraction of sp³-hybridized carbons (Fsp3) is 0.375. The third-order valence-corrected chi connectivity index (χ3v) is 3.14. The first-order chi connectivity index (χ1) is 10.1. The van der Waals surface area contributed by atoms with E-state index in [9.17, 15) is 0 Å². The Balaban J connectivity index is 2.13. The summed E-state index contributed by atoms with van der Waals surface area (Å²) in [6, 6.07) is 8.32. The average molecular weight is 286 g/mol. The first-order valence-electron chi connectivity index (χ1n) is 7.19. The minimum Gasteiger partial charge on any atom is -0.473 e. The monoisotopic (exact) mass is 286 g/mol. The predicted octanol–water partition coefficient (Wildman–Crippen LogP) is 3.02. The molecule has 0 fully saturated rings. The van der Waals surface area contributed by atoms with E-state index in [4.69, 9.17) is 10.5 Å². The molecule has 1 aromatic heterocycles. The molecule has 1 heterocycles. The van der Waals surface area contributed by atoms with E-state index in [1.165, 1.54) is 17.5 Å². The SMILES string of the molecule is CCc1ccccc1CNc1ncnc(OC(C)C)c1N. The van der Waals surface area contributed by atoms with Gasteiger partial charge in [0.05, 0.1) is 6.10 Å². The van der Waals surface area contributed by atoms with Gasteiger partial charge in [0.2, 0.25) is 5.88 Å². The molecule has 0 spiro atoms. The summed E-state index contributed by atoms with van der Waals surface area (Å²) < 4.78 is 5.57. The molecule has 5 nitrogen and oxygen atoms in total. The van der Waals surface area contributed by atoms with Crippen LogP contribution in [0.4, 0.5) is 11.5 Å². The highest BCUT2D eigenvalue weighted by Gasteiger charge is 2.10. The van der Waals surface area contributed by atoms with Crippen molar-refractivity contribution in [1.82, 2.24) is 9.97 Å². The maximum absolute atomic E-state index is 6.05. The highest BCUT2D eigenvalue weighted by atomic mass is 16.5. The van der Waals surface area contributed by atoms with E-state index in [0.717, 1.165) is 6.42 Å². The fourth-order valence-electron chi connectivity index (χ4n) is 2.09. The standard InChI is InChI=1S/C16H22N4O/c1-4-12-7-5-6-8-13(12)9-18-15-14(17)16(20-10-19-15)21-11(2)3/h5-8,10-11H,4,9,17H2,1-3H3,(H,18,19,20). The van der Waals surface area contributed by atoms with Crippen molar-refractivity contribution >= 4 is 11.5 Å². The highest BCUT2D eigenvalue weighted by molar-refractivity contribution is 5.66. The van der Waals surface area contributed by atoms with Gasteiger partial charge in [0.1, 0.15) is 12.0 Å². The van der Waals surface area contributed by atoms with E-state index in [2.05, 4.69) is 40.4 Å². The minimum atomic E-state index is 0.0240. The van der Waals surface area contributed by atoms with Gasteiger partial charge >= 0.3 is 0 Å². The van der Waals surface area contributed by atoms with Crippen LogP contribution in [0, 0.1) is 0 Å². The van der Waals surface area contributed by atoms with Gasteiger partial charge < -0.3 is 15.8 Å². The first kappa shape index (κ1) is 15.1. The topological polar surface area (TPSA) is 73.1 Å². The summed E-state index contributed by atoms with van der Waals surface area (Å²) in [4.78, 5) is 8.26. The van der Waals surface area contributed by atoms with E-state index in [-0.39, 0.29) is 6.10 Å². The van der Waals surface area contributed by atoms with E-state index in [1.807, 2.05) is 19.9 Å². The van der Waals surface area contributed by atoms with Crippen LogP contribution >= 0.6 is 0 Å². The Labute approximate surface area is 125 Å². The number of nitrogens with two attached hydrogens (primary N) is 1. The molecule has 2 rings (SSSR count). The van der Waals surface area contributed by atoms with Crippen LogP contribution in [0.15, 0.2) is 30.6 Å². The second kappa shape index (κ2) is 6.92. The number of hydrogen-bond acceptors (Lipinski definition) is 5. The Morgan fingerprint density at radius 3 is 2.57 bits per heavy atom. The van der Waals surface area contributed by atoms with Crippen molar-refractivity contribution in [1.29, 1.82) is 0 Å². The molecule has 112 valence electrons. The molecular formula is C16H22N4O. The average Bonchev–Trinajstić information content (AvgIpc) is 2.48. The van der Waals surface area contributed by atoms with E-state index < -0.39 is 0 Å². The normalized spacial score (nSPS) is 10.7. The lowest BCUT2D eigenvalue weighted by atomic mass is 10.1. The van der Waals surface area contributed by atoms with Gasteiger partial charge in [-0.25, -0.2) is 4.98 Å². The lowest BCUT2D eigenvalue weighted by Gasteiger charge is -2.14. The molecule has 0 saturated heterocycles. The van der Waals surface area contributed by atoms with Crippen molar-refractivity contribution in [3.05, 3.63) is 41.7 Å². The fourth-order valence-corrected chi connectivity index (χ4v) is 2.09. The third kappa shape index (κ3) is 3.84. The Kier molecular flexibility index (Phi) is 4.98. The van der Waals surface area contributed by atoms with Crippen LogP contribution in [0.2, 0.25) is 0 Å². The number of anilines is 2. The summed E-state index contributed by atoms with van der Waals surface area (Å²) in [6.45, 7) is 6.69. The number of benzene rings is 1. The Bertz CT molecular complexity index is 599. The minimum absolute atomic E-state index is 0.0240. The quantitative estimate of drug-likeness (QED) is 0.854. The Morgan fingerprint density at radius 2 is 1.90 bits per heavy atom. The summed E-state index contributed by atoms with van der Waals surface area (Å²) in [5, 5.41) is 3.26. The summed E-state index contributed by atoms with van der Waals surface area (Å²) in [5.41, 5.74) is 9.05. The number of nitrogen functional groups attached to an aromatic ring is 1. The van der Waals surface area contributed by atoms with Crippen molar-refractivity contribution in [3.8, 4) is 5.88 Å². The van der Waals surface area contributed by atoms with Crippen LogP contribution in [0.1, 0.15) is 31.9 Å². The van der Waals surface area contributed by atoms with Crippen LogP contribution in [0.5, 0.6) is 5.88 Å². The van der Waals surface area contributed by atoms with Crippen molar-refractivity contribution in [2.75, 3.05) is 11.1 Å². The molecule has 1 aromatic carbocycles. The number of ether oxygens (including phenoxy) is 1. The zero-order chi connectivity index (χ0) is 15.2. The molecule has 0 aliphatic heterocycles. The molecular weight excluding hydrogens is 264 g/mol. The van der Waals surface area contributed by atoms with Gasteiger partial charge in [0.25, 0.3) is 0 Å². The molecule has 0 atom stereocenters. The zero-order valence-electron chi connectivity index (χ0n) is 12.8. The van der Waals surface area contributed by atoms with Gasteiger partial charge in [-0.3, -0.25) is 0 Å². The largest absolute Gasteiger partial charge is 0.473 e. The van der Waals surface area contributed by atoms with E-state index in [0.29, 0.717) is 23.9 Å². The number of hydrogen-bond donors (Lipinski definition) is 2. The maximum atomic E-state index is 6.05. The molecule has 0 bridgehead atoms. The summed E-state index contributed by atoms with van der Waals surface area (Å²) >= 11 is 0. The van der Waals surface area contributed by atoms with Gasteiger partial charge in [0, 0.05) is 6.54 Å². The summed E-state index contributed by atoms with van der Waals surface area (Å²) in [6.07, 6.45) is 2.48. The van der Waals surface area contributed by atoms with Crippen molar-refractivity contribution in [2.45, 2.75) is 39.8 Å². The van der Waals surface area contributed by atoms with Gasteiger partial charge in [-0.2, -0.15) is 4.98 Å². The molecule has 0 saturated carbocycles. The van der Waals surface area contributed by atoms with Crippen LogP contribution in [0.3, 0.4) is 0 Å². The van der Waals surface area contributed by atoms with Gasteiger partial charge in [-0.05, 0) is 31.4 Å². The summed E-state index contributed by atoms with van der Waals surface area (Å²) in [5.74, 6) is 1.03. The molecule has 5 heteroatoms. The van der Waals surface area contributed by atoms with Gasteiger partial charge in [0.15, 0.2) is 5.82 Å². The van der Waals surface area contributed by atoms with Crippen LogP contribution in [-0.2, 0) is 13.0 Å². The van der Waals surface area contributed by atoms with Crippen molar-refractivity contribution < 1.29 is 4.74 Å². The van der Waals surface area contributed by atoms with Crippen LogP contribution in [0.25, 0.3) is 0 Å². The Hall–Kier alpha value is -2.30. The lowest BCUT2D eigenvalue weighted by molar-refractivity contribution is 0.234. The zero-order valence-corrected chi connectivity index (χ0v) is 12.8. The molecule has 0 aliphatic carbocycles. The van der Waals surface area contributed by atoms with Crippen molar-refractivity contribution in [3.63, 3.8) is 0 Å². The molecule has 0 aliphatic rings. The second-order valence-electron chi connectivity index (χ2n) is 5.08. The highest BCUT2D eigenvalue weighted by Crippen LogP contribution is 2.26. The summed E-state index contributed by atoms with van der Waals surface area (Å²) in [7, 11) is 0. The Morgan fingerprint density at radius 1 is 1.19 bits per heavy atom. The van der Waals surface area contributed by atoms with Gasteiger partial charge in [-0.15, -0.1) is 0 Å². The maximum Gasteiger partial charge on any atom is 0.242 e.